The van der Waals surface area contributed by atoms with Gasteiger partial charge in [-0.15, -0.1) is 0 Å². The first-order chi connectivity index (χ1) is 9.13. The third kappa shape index (κ3) is 3.43. The molecule has 0 saturated carbocycles. The minimum Gasteiger partial charge on any atom is -0.496 e. The SMILES string of the molecule is COc1ccc(F)cc1CN1CC(CO)OCC1C. The van der Waals surface area contributed by atoms with Gasteiger partial charge in [-0.3, -0.25) is 4.90 Å². The number of hydrogen-bond donors (Lipinski definition) is 1. The van der Waals surface area contributed by atoms with Crippen LogP contribution in [0.4, 0.5) is 4.39 Å². The molecule has 2 atom stereocenters. The van der Waals surface area contributed by atoms with Crippen molar-refractivity contribution in [2.45, 2.75) is 25.6 Å². The average molecular weight is 269 g/mol. The number of rotatable bonds is 4. The van der Waals surface area contributed by atoms with Gasteiger partial charge in [0.1, 0.15) is 11.6 Å². The fourth-order valence-electron chi connectivity index (χ4n) is 2.30. The van der Waals surface area contributed by atoms with Crippen molar-refractivity contribution in [3.05, 3.63) is 29.6 Å². The largest absolute Gasteiger partial charge is 0.496 e. The first-order valence-electron chi connectivity index (χ1n) is 6.43. The lowest BCUT2D eigenvalue weighted by molar-refractivity contribution is -0.0806. The van der Waals surface area contributed by atoms with Gasteiger partial charge in [0.2, 0.25) is 0 Å². The van der Waals surface area contributed by atoms with Crippen LogP contribution in [0.2, 0.25) is 0 Å². The maximum Gasteiger partial charge on any atom is 0.123 e. The van der Waals surface area contributed by atoms with Crippen LogP contribution in [-0.2, 0) is 11.3 Å². The summed E-state index contributed by atoms with van der Waals surface area (Å²) in [5.41, 5.74) is 0.813. The predicted molar refractivity (Wildman–Crippen MR) is 69.6 cm³/mol. The van der Waals surface area contributed by atoms with Gasteiger partial charge in [-0.1, -0.05) is 0 Å². The lowest BCUT2D eigenvalue weighted by atomic mass is 10.1. The Morgan fingerprint density at radius 3 is 3.00 bits per heavy atom. The van der Waals surface area contributed by atoms with Crippen LogP contribution in [0.3, 0.4) is 0 Å². The number of benzene rings is 1. The Balaban J connectivity index is 2.12. The van der Waals surface area contributed by atoms with Gasteiger partial charge in [-0.2, -0.15) is 0 Å². The summed E-state index contributed by atoms with van der Waals surface area (Å²) in [6.45, 7) is 3.85. The van der Waals surface area contributed by atoms with Gasteiger partial charge >= 0.3 is 0 Å². The molecule has 0 amide bonds. The van der Waals surface area contributed by atoms with Crippen LogP contribution in [0.25, 0.3) is 0 Å². The zero-order chi connectivity index (χ0) is 13.8. The number of halogens is 1. The Hall–Kier alpha value is -1.17. The van der Waals surface area contributed by atoms with Crippen molar-refractivity contribution in [2.75, 3.05) is 26.9 Å². The van der Waals surface area contributed by atoms with Gasteiger partial charge < -0.3 is 14.6 Å². The van der Waals surface area contributed by atoms with Gasteiger partial charge in [-0.05, 0) is 25.1 Å². The van der Waals surface area contributed by atoms with Gasteiger partial charge in [0, 0.05) is 24.7 Å². The van der Waals surface area contributed by atoms with Crippen LogP contribution in [-0.4, -0.2) is 49.0 Å². The molecule has 106 valence electrons. The van der Waals surface area contributed by atoms with Crippen LogP contribution < -0.4 is 4.74 Å². The molecule has 1 aromatic carbocycles. The summed E-state index contributed by atoms with van der Waals surface area (Å²) in [6.07, 6.45) is -0.171. The molecule has 2 rings (SSSR count). The Bertz CT molecular complexity index is 427. The summed E-state index contributed by atoms with van der Waals surface area (Å²) in [6, 6.07) is 4.76. The molecule has 1 fully saturated rings. The minimum absolute atomic E-state index is 0.00348. The van der Waals surface area contributed by atoms with Crippen LogP contribution in [0.5, 0.6) is 5.75 Å². The molecular weight excluding hydrogens is 249 g/mol. The van der Waals surface area contributed by atoms with E-state index in [2.05, 4.69) is 11.8 Å². The number of morpholine rings is 1. The van der Waals surface area contributed by atoms with E-state index < -0.39 is 0 Å². The quantitative estimate of drug-likeness (QED) is 0.897. The maximum atomic E-state index is 13.3. The molecule has 0 bridgehead atoms. The monoisotopic (exact) mass is 269 g/mol. The number of aliphatic hydroxyl groups excluding tert-OH is 1. The third-order valence-corrected chi connectivity index (χ3v) is 3.45. The number of hydrogen-bond acceptors (Lipinski definition) is 4. The smallest absolute Gasteiger partial charge is 0.123 e. The second kappa shape index (κ2) is 6.32. The van der Waals surface area contributed by atoms with Crippen molar-refractivity contribution in [3.8, 4) is 5.75 Å². The van der Waals surface area contributed by atoms with Crippen molar-refractivity contribution >= 4 is 0 Å². The van der Waals surface area contributed by atoms with Crippen LogP contribution in [0.15, 0.2) is 18.2 Å². The molecule has 4 nitrogen and oxygen atoms in total. The zero-order valence-corrected chi connectivity index (χ0v) is 11.3. The second-order valence-corrected chi connectivity index (χ2v) is 4.87. The van der Waals surface area contributed by atoms with Gasteiger partial charge in [0.05, 0.1) is 26.4 Å². The fourth-order valence-corrected chi connectivity index (χ4v) is 2.30. The van der Waals surface area contributed by atoms with E-state index in [1.54, 1.807) is 13.2 Å². The Morgan fingerprint density at radius 2 is 2.32 bits per heavy atom. The molecule has 0 radical (unpaired) electrons. The summed E-state index contributed by atoms with van der Waals surface area (Å²) in [7, 11) is 1.58. The zero-order valence-electron chi connectivity index (χ0n) is 11.3. The van der Waals surface area contributed by atoms with E-state index in [4.69, 9.17) is 14.6 Å². The van der Waals surface area contributed by atoms with Gasteiger partial charge in [0.25, 0.3) is 0 Å². The Kier molecular flexibility index (Phi) is 4.74. The number of methoxy groups -OCH3 is 1. The number of ether oxygens (including phenoxy) is 2. The second-order valence-electron chi connectivity index (χ2n) is 4.87. The Labute approximate surface area is 112 Å². The summed E-state index contributed by atoms with van der Waals surface area (Å²) >= 11 is 0. The highest BCUT2D eigenvalue weighted by Gasteiger charge is 2.26. The summed E-state index contributed by atoms with van der Waals surface area (Å²) in [4.78, 5) is 2.17. The molecule has 1 aliphatic rings. The molecular formula is C14H20FNO3. The van der Waals surface area contributed by atoms with E-state index in [-0.39, 0.29) is 24.6 Å². The molecule has 1 heterocycles. The molecule has 0 aromatic heterocycles. The fraction of sp³-hybridized carbons (Fsp3) is 0.571. The predicted octanol–water partition coefficient (Wildman–Crippen LogP) is 1.42. The molecule has 19 heavy (non-hydrogen) atoms. The average Bonchev–Trinajstić information content (AvgIpc) is 2.41. The van der Waals surface area contributed by atoms with Gasteiger partial charge in [-0.25, -0.2) is 4.39 Å². The van der Waals surface area contributed by atoms with Crippen molar-refractivity contribution < 1.29 is 19.0 Å². The van der Waals surface area contributed by atoms with E-state index in [1.807, 2.05) is 0 Å². The topological polar surface area (TPSA) is 41.9 Å². The highest BCUT2D eigenvalue weighted by atomic mass is 19.1. The maximum absolute atomic E-state index is 13.3. The summed E-state index contributed by atoms with van der Waals surface area (Å²) in [5, 5.41) is 9.17. The van der Waals surface area contributed by atoms with Crippen molar-refractivity contribution in [3.63, 3.8) is 0 Å². The lowest BCUT2D eigenvalue weighted by Gasteiger charge is -2.37. The van der Waals surface area contributed by atoms with Gasteiger partial charge in [0.15, 0.2) is 0 Å². The van der Waals surface area contributed by atoms with E-state index in [0.29, 0.717) is 25.4 Å². The normalized spacial score (nSPS) is 24.4. The highest BCUT2D eigenvalue weighted by molar-refractivity contribution is 5.33. The molecule has 2 unspecified atom stereocenters. The summed E-state index contributed by atoms with van der Waals surface area (Å²) in [5.74, 6) is 0.413. The minimum atomic E-state index is -0.268. The standard InChI is InChI=1S/C14H20FNO3/c1-10-9-19-13(8-17)7-16(10)6-11-5-12(15)3-4-14(11)18-2/h3-5,10,13,17H,6-9H2,1-2H3. The highest BCUT2D eigenvalue weighted by Crippen LogP contribution is 2.23. The molecule has 0 aliphatic carbocycles. The van der Waals surface area contributed by atoms with E-state index in [1.165, 1.54) is 12.1 Å². The first-order valence-corrected chi connectivity index (χ1v) is 6.43. The number of aliphatic hydroxyl groups is 1. The summed E-state index contributed by atoms with van der Waals surface area (Å²) < 4.78 is 24.1. The van der Waals surface area contributed by atoms with Crippen molar-refractivity contribution in [1.29, 1.82) is 0 Å². The molecule has 5 heteroatoms. The molecule has 1 aromatic rings. The molecule has 1 saturated heterocycles. The first kappa shape index (κ1) is 14.2. The van der Waals surface area contributed by atoms with Crippen LogP contribution in [0, 0.1) is 5.82 Å². The molecule has 1 aliphatic heterocycles. The van der Waals surface area contributed by atoms with E-state index in [9.17, 15) is 4.39 Å². The third-order valence-electron chi connectivity index (χ3n) is 3.45. The van der Waals surface area contributed by atoms with Crippen LogP contribution >= 0.6 is 0 Å². The van der Waals surface area contributed by atoms with E-state index >= 15 is 0 Å². The van der Waals surface area contributed by atoms with Crippen molar-refractivity contribution in [2.24, 2.45) is 0 Å². The van der Waals surface area contributed by atoms with Crippen LogP contribution in [0.1, 0.15) is 12.5 Å². The van der Waals surface area contributed by atoms with E-state index in [0.717, 1.165) is 5.56 Å². The lowest BCUT2D eigenvalue weighted by Crippen LogP contribution is -2.48. The van der Waals surface area contributed by atoms with Crippen molar-refractivity contribution in [1.82, 2.24) is 4.90 Å². The Morgan fingerprint density at radius 1 is 1.53 bits per heavy atom. The number of nitrogens with zero attached hydrogens (tertiary/aromatic N) is 1. The molecule has 0 spiro atoms. The molecule has 1 N–H and O–H groups in total.